The van der Waals surface area contributed by atoms with Crippen molar-refractivity contribution in [3.05, 3.63) is 35.4 Å². The van der Waals surface area contributed by atoms with Gasteiger partial charge in [-0.25, -0.2) is 12.7 Å². The Morgan fingerprint density at radius 1 is 1.13 bits per heavy atom. The first kappa shape index (κ1) is 23.2. The molecule has 2 heterocycles. The number of piperidine rings is 1. The number of nitrogens with one attached hydrogen (secondary N) is 1. The molecule has 2 aliphatic rings. The first-order chi connectivity index (χ1) is 14.4. The average Bonchev–Trinajstić information content (AvgIpc) is 2.74. The minimum atomic E-state index is -3.19. The van der Waals surface area contributed by atoms with Gasteiger partial charge in [-0.15, -0.1) is 0 Å². The molecule has 0 aliphatic carbocycles. The summed E-state index contributed by atoms with van der Waals surface area (Å²) in [7, 11) is -3.19. The maximum Gasteiger partial charge on any atom is 0.223 e. The Morgan fingerprint density at radius 2 is 1.77 bits per heavy atom. The van der Waals surface area contributed by atoms with E-state index in [2.05, 4.69) is 41.4 Å². The molecule has 7 nitrogen and oxygen atoms in total. The number of carbonyl (C=O) groups is 1. The van der Waals surface area contributed by atoms with Crippen molar-refractivity contribution >= 4 is 15.9 Å². The molecule has 1 aromatic rings. The van der Waals surface area contributed by atoms with E-state index < -0.39 is 10.0 Å². The lowest BCUT2D eigenvalue weighted by atomic mass is 9.96. The standard InChI is InChI=1S/C22H35N3O4S/c1-3-16-30(27,28)25-10-8-20(9-11-25)22(26)23-21(17-24-12-14-29-15-13-24)19-6-4-18(2)5-7-19/h4-7,20-21H,3,8-17H2,1-2H3,(H,23,26)/t21-/m1/s1. The van der Waals surface area contributed by atoms with Crippen LogP contribution in [0.3, 0.4) is 0 Å². The normalized spacial score (nSPS) is 20.7. The summed E-state index contributed by atoms with van der Waals surface area (Å²) >= 11 is 0. The summed E-state index contributed by atoms with van der Waals surface area (Å²) in [5.74, 6) is 0.0657. The molecule has 1 atom stereocenters. The Labute approximate surface area is 180 Å². The highest BCUT2D eigenvalue weighted by molar-refractivity contribution is 7.89. The Kier molecular flexibility index (Phi) is 8.27. The van der Waals surface area contributed by atoms with Crippen molar-refractivity contribution in [3.63, 3.8) is 0 Å². The number of sulfonamides is 1. The largest absolute Gasteiger partial charge is 0.379 e. The van der Waals surface area contributed by atoms with Crippen LogP contribution in [0.2, 0.25) is 0 Å². The Morgan fingerprint density at radius 3 is 2.37 bits per heavy atom. The fourth-order valence-corrected chi connectivity index (χ4v) is 5.69. The van der Waals surface area contributed by atoms with E-state index in [0.29, 0.717) is 32.4 Å². The van der Waals surface area contributed by atoms with Gasteiger partial charge in [0.15, 0.2) is 0 Å². The Hall–Kier alpha value is -1.48. The molecule has 0 spiro atoms. The van der Waals surface area contributed by atoms with Gasteiger partial charge in [0.1, 0.15) is 0 Å². The topological polar surface area (TPSA) is 79.0 Å². The third-order valence-electron chi connectivity index (χ3n) is 6.02. The molecule has 0 radical (unpaired) electrons. The van der Waals surface area contributed by atoms with Crippen molar-refractivity contribution in [2.75, 3.05) is 51.7 Å². The lowest BCUT2D eigenvalue weighted by Crippen LogP contribution is -2.47. The molecule has 0 saturated carbocycles. The van der Waals surface area contributed by atoms with Crippen LogP contribution < -0.4 is 5.32 Å². The molecule has 2 saturated heterocycles. The summed E-state index contributed by atoms with van der Waals surface area (Å²) in [6, 6.07) is 8.23. The minimum Gasteiger partial charge on any atom is -0.379 e. The summed E-state index contributed by atoms with van der Waals surface area (Å²) < 4.78 is 31.6. The van der Waals surface area contributed by atoms with Gasteiger partial charge in [-0.05, 0) is 31.7 Å². The quantitative estimate of drug-likeness (QED) is 0.672. The lowest BCUT2D eigenvalue weighted by molar-refractivity contribution is -0.127. The van der Waals surface area contributed by atoms with Crippen LogP contribution in [0.5, 0.6) is 0 Å². The molecule has 3 rings (SSSR count). The van der Waals surface area contributed by atoms with Gasteiger partial charge in [0.05, 0.1) is 25.0 Å². The smallest absolute Gasteiger partial charge is 0.223 e. The SMILES string of the molecule is CCCS(=O)(=O)N1CCC(C(=O)N[C@H](CN2CCOCC2)c2ccc(C)cc2)CC1. The van der Waals surface area contributed by atoms with Crippen molar-refractivity contribution in [2.45, 2.75) is 39.2 Å². The number of carbonyl (C=O) groups excluding carboxylic acids is 1. The van der Waals surface area contributed by atoms with Crippen molar-refractivity contribution in [1.82, 2.24) is 14.5 Å². The van der Waals surface area contributed by atoms with Crippen LogP contribution in [0.4, 0.5) is 0 Å². The highest BCUT2D eigenvalue weighted by Gasteiger charge is 2.32. The van der Waals surface area contributed by atoms with Gasteiger partial charge in [-0.1, -0.05) is 36.8 Å². The maximum atomic E-state index is 13.1. The van der Waals surface area contributed by atoms with Crippen LogP contribution >= 0.6 is 0 Å². The van der Waals surface area contributed by atoms with Gasteiger partial charge in [0, 0.05) is 38.6 Å². The van der Waals surface area contributed by atoms with E-state index in [1.807, 2.05) is 6.92 Å². The van der Waals surface area contributed by atoms with E-state index in [0.717, 1.165) is 38.4 Å². The highest BCUT2D eigenvalue weighted by atomic mass is 32.2. The van der Waals surface area contributed by atoms with Crippen LogP contribution in [-0.2, 0) is 19.6 Å². The second-order valence-electron chi connectivity index (χ2n) is 8.37. The van der Waals surface area contributed by atoms with E-state index in [-0.39, 0.29) is 23.6 Å². The van der Waals surface area contributed by atoms with Crippen molar-refractivity contribution < 1.29 is 17.9 Å². The first-order valence-electron chi connectivity index (χ1n) is 11.0. The molecule has 0 unspecified atom stereocenters. The molecule has 1 N–H and O–H groups in total. The van der Waals surface area contributed by atoms with E-state index in [1.54, 1.807) is 4.31 Å². The number of ether oxygens (including phenoxy) is 1. The fraction of sp³-hybridized carbons (Fsp3) is 0.682. The van der Waals surface area contributed by atoms with E-state index in [1.165, 1.54) is 5.56 Å². The second kappa shape index (κ2) is 10.7. The van der Waals surface area contributed by atoms with Crippen molar-refractivity contribution in [3.8, 4) is 0 Å². The van der Waals surface area contributed by atoms with Crippen molar-refractivity contribution in [2.24, 2.45) is 5.92 Å². The van der Waals surface area contributed by atoms with Gasteiger partial charge in [0.2, 0.25) is 15.9 Å². The molecular weight excluding hydrogens is 402 g/mol. The average molecular weight is 438 g/mol. The summed E-state index contributed by atoms with van der Waals surface area (Å²) in [5.41, 5.74) is 2.29. The van der Waals surface area contributed by atoms with Gasteiger partial charge in [-0.2, -0.15) is 0 Å². The summed E-state index contributed by atoms with van der Waals surface area (Å²) in [4.78, 5) is 15.4. The zero-order chi connectivity index (χ0) is 21.6. The molecule has 8 heteroatoms. The third kappa shape index (κ3) is 6.26. The number of benzene rings is 1. The van der Waals surface area contributed by atoms with Crippen LogP contribution in [0, 0.1) is 12.8 Å². The van der Waals surface area contributed by atoms with Crippen molar-refractivity contribution in [1.29, 1.82) is 0 Å². The second-order valence-corrected chi connectivity index (χ2v) is 10.5. The number of amides is 1. The number of morpholine rings is 1. The predicted molar refractivity (Wildman–Crippen MR) is 118 cm³/mol. The third-order valence-corrected chi connectivity index (χ3v) is 8.10. The Bertz CT molecular complexity index is 783. The number of hydrogen-bond acceptors (Lipinski definition) is 5. The van der Waals surface area contributed by atoms with Gasteiger partial charge < -0.3 is 10.1 Å². The maximum absolute atomic E-state index is 13.1. The minimum absolute atomic E-state index is 0.0290. The zero-order valence-corrected chi connectivity index (χ0v) is 19.0. The summed E-state index contributed by atoms with van der Waals surface area (Å²) in [6.45, 7) is 8.72. The zero-order valence-electron chi connectivity index (χ0n) is 18.2. The molecule has 2 aliphatic heterocycles. The molecule has 168 valence electrons. The number of rotatable bonds is 8. The van der Waals surface area contributed by atoms with Gasteiger partial charge in [-0.3, -0.25) is 9.69 Å². The van der Waals surface area contributed by atoms with Crippen LogP contribution in [-0.4, -0.2) is 75.2 Å². The summed E-state index contributed by atoms with van der Waals surface area (Å²) in [5, 5.41) is 3.26. The highest BCUT2D eigenvalue weighted by Crippen LogP contribution is 2.23. The lowest BCUT2D eigenvalue weighted by Gasteiger charge is -2.34. The molecule has 30 heavy (non-hydrogen) atoms. The number of hydrogen-bond donors (Lipinski definition) is 1. The number of nitrogens with zero attached hydrogens (tertiary/aromatic N) is 2. The Balaban J connectivity index is 1.62. The van der Waals surface area contributed by atoms with Crippen LogP contribution in [0.25, 0.3) is 0 Å². The van der Waals surface area contributed by atoms with Crippen LogP contribution in [0.15, 0.2) is 24.3 Å². The number of aryl methyl sites for hydroxylation is 1. The van der Waals surface area contributed by atoms with E-state index >= 15 is 0 Å². The van der Waals surface area contributed by atoms with Gasteiger partial charge >= 0.3 is 0 Å². The molecular formula is C22H35N3O4S. The molecule has 1 aromatic carbocycles. The molecule has 1 amide bonds. The first-order valence-corrected chi connectivity index (χ1v) is 12.6. The molecule has 0 aromatic heterocycles. The van der Waals surface area contributed by atoms with E-state index in [9.17, 15) is 13.2 Å². The van der Waals surface area contributed by atoms with E-state index in [4.69, 9.17) is 4.74 Å². The van der Waals surface area contributed by atoms with Crippen LogP contribution in [0.1, 0.15) is 43.4 Å². The molecule has 0 bridgehead atoms. The monoisotopic (exact) mass is 437 g/mol. The predicted octanol–water partition coefficient (Wildman–Crippen LogP) is 1.94. The summed E-state index contributed by atoms with van der Waals surface area (Å²) in [6.07, 6.45) is 1.77. The fourth-order valence-electron chi connectivity index (χ4n) is 4.15. The van der Waals surface area contributed by atoms with Gasteiger partial charge in [0.25, 0.3) is 0 Å². The molecule has 2 fully saturated rings.